The van der Waals surface area contributed by atoms with Crippen molar-refractivity contribution in [2.45, 2.75) is 13.5 Å². The smallest absolute Gasteiger partial charge is 0.156 e. The second kappa shape index (κ2) is 8.70. The first-order valence-electron chi connectivity index (χ1n) is 7.32. The lowest BCUT2D eigenvalue weighted by Crippen LogP contribution is -2.01. The number of hydrogen-bond acceptors (Lipinski definition) is 3. The third-order valence-electron chi connectivity index (χ3n) is 3.07. The molecule has 0 radical (unpaired) electrons. The summed E-state index contributed by atoms with van der Waals surface area (Å²) < 4.78 is 10.9. The summed E-state index contributed by atoms with van der Waals surface area (Å²) >= 11 is 12.4. The van der Waals surface area contributed by atoms with Crippen molar-refractivity contribution >= 4 is 28.9 Å². The van der Waals surface area contributed by atoms with Gasteiger partial charge in [0, 0.05) is 12.2 Å². The summed E-state index contributed by atoms with van der Waals surface area (Å²) in [4.78, 5) is 0. The van der Waals surface area contributed by atoms with E-state index in [-0.39, 0.29) is 0 Å². The van der Waals surface area contributed by atoms with E-state index in [9.17, 15) is 0 Å². The normalized spacial score (nSPS) is 10.2. The highest BCUT2D eigenvalue weighted by Gasteiger charge is 2.09. The van der Waals surface area contributed by atoms with Crippen molar-refractivity contribution in [2.75, 3.05) is 18.5 Å². The Morgan fingerprint density at radius 2 is 1.74 bits per heavy atom. The van der Waals surface area contributed by atoms with Gasteiger partial charge >= 0.3 is 0 Å². The van der Waals surface area contributed by atoms with Gasteiger partial charge in [-0.05, 0) is 48.9 Å². The Hall–Kier alpha value is -1.84. The number of halogens is 2. The molecule has 0 unspecified atom stereocenters. The molecule has 0 aliphatic carbocycles. The van der Waals surface area contributed by atoms with Crippen molar-refractivity contribution in [3.8, 4) is 11.5 Å². The molecule has 3 nitrogen and oxygen atoms in total. The lowest BCUT2D eigenvalue weighted by molar-refractivity contribution is 0.340. The summed E-state index contributed by atoms with van der Waals surface area (Å²) in [6.07, 6.45) is 1.65. The summed E-state index contributed by atoms with van der Waals surface area (Å²) in [5, 5.41) is 4.29. The maximum Gasteiger partial charge on any atom is 0.156 e. The number of rotatable bonds is 8. The fourth-order valence-corrected chi connectivity index (χ4v) is 2.68. The molecule has 23 heavy (non-hydrogen) atoms. The van der Waals surface area contributed by atoms with Crippen molar-refractivity contribution < 1.29 is 9.47 Å². The van der Waals surface area contributed by atoms with Gasteiger partial charge in [0.2, 0.25) is 0 Å². The van der Waals surface area contributed by atoms with E-state index in [1.807, 2.05) is 43.3 Å². The second-order valence-electron chi connectivity index (χ2n) is 4.80. The number of benzene rings is 2. The van der Waals surface area contributed by atoms with Crippen molar-refractivity contribution in [3.63, 3.8) is 0 Å². The molecule has 122 valence electrons. The molecule has 2 aromatic carbocycles. The Balaban J connectivity index is 2.01. The van der Waals surface area contributed by atoms with Crippen LogP contribution in [0.15, 0.2) is 49.1 Å². The van der Waals surface area contributed by atoms with Gasteiger partial charge in [-0.3, -0.25) is 0 Å². The molecular formula is C18H19Cl2NO2. The van der Waals surface area contributed by atoms with Gasteiger partial charge in [-0.25, -0.2) is 0 Å². The molecular weight excluding hydrogens is 333 g/mol. The topological polar surface area (TPSA) is 30.5 Å². The van der Waals surface area contributed by atoms with E-state index < -0.39 is 0 Å². The van der Waals surface area contributed by atoms with Gasteiger partial charge in [-0.15, -0.1) is 0 Å². The summed E-state index contributed by atoms with van der Waals surface area (Å²) in [6.45, 7) is 7.19. The first-order chi connectivity index (χ1) is 11.1. The van der Waals surface area contributed by atoms with Crippen LogP contribution in [0.2, 0.25) is 10.0 Å². The Labute approximate surface area is 146 Å². The van der Waals surface area contributed by atoms with E-state index >= 15 is 0 Å². The number of hydrogen-bond donors (Lipinski definition) is 1. The minimum atomic E-state index is 0.364. The molecule has 0 fully saturated rings. The molecule has 0 saturated carbocycles. The predicted octanol–water partition coefficient (Wildman–Crippen LogP) is 5.57. The number of anilines is 1. The first-order valence-corrected chi connectivity index (χ1v) is 8.08. The standard InChI is InChI=1S/C18H19Cl2NO2/c1-3-9-23-18-16(19)10-13(11-17(18)20)12-21-14-5-7-15(8-6-14)22-4-2/h3,5-8,10-11,21H,1,4,9,12H2,2H3. The molecule has 0 saturated heterocycles. The predicted molar refractivity (Wildman–Crippen MR) is 97.1 cm³/mol. The van der Waals surface area contributed by atoms with Crippen LogP contribution in [-0.2, 0) is 6.54 Å². The number of nitrogens with one attached hydrogen (secondary N) is 1. The molecule has 2 aromatic rings. The fraction of sp³-hybridized carbons (Fsp3) is 0.222. The van der Waals surface area contributed by atoms with E-state index in [0.717, 1.165) is 17.0 Å². The Morgan fingerprint density at radius 1 is 1.09 bits per heavy atom. The lowest BCUT2D eigenvalue weighted by atomic mass is 10.2. The SMILES string of the molecule is C=CCOc1c(Cl)cc(CNc2ccc(OCC)cc2)cc1Cl. The maximum atomic E-state index is 6.22. The van der Waals surface area contributed by atoms with E-state index in [1.54, 1.807) is 6.08 Å². The Bertz CT molecular complexity index is 634. The van der Waals surface area contributed by atoms with Gasteiger partial charge in [0.15, 0.2) is 5.75 Å². The fourth-order valence-electron chi connectivity index (χ4n) is 2.03. The van der Waals surface area contributed by atoms with Gasteiger partial charge in [-0.2, -0.15) is 0 Å². The Morgan fingerprint density at radius 3 is 2.30 bits per heavy atom. The van der Waals surface area contributed by atoms with E-state index in [2.05, 4.69) is 11.9 Å². The van der Waals surface area contributed by atoms with Gasteiger partial charge < -0.3 is 14.8 Å². The van der Waals surface area contributed by atoms with Gasteiger partial charge in [-0.1, -0.05) is 35.9 Å². The highest BCUT2D eigenvalue weighted by Crippen LogP contribution is 2.34. The highest BCUT2D eigenvalue weighted by atomic mass is 35.5. The third-order valence-corrected chi connectivity index (χ3v) is 3.63. The zero-order chi connectivity index (χ0) is 16.7. The summed E-state index contributed by atoms with van der Waals surface area (Å²) in [5.41, 5.74) is 1.97. The van der Waals surface area contributed by atoms with Crippen LogP contribution in [0.4, 0.5) is 5.69 Å². The van der Waals surface area contributed by atoms with Crippen LogP contribution < -0.4 is 14.8 Å². The molecule has 1 N–H and O–H groups in total. The van der Waals surface area contributed by atoms with Crippen LogP contribution in [-0.4, -0.2) is 13.2 Å². The third kappa shape index (κ3) is 5.08. The molecule has 0 atom stereocenters. The van der Waals surface area contributed by atoms with Crippen LogP contribution in [0, 0.1) is 0 Å². The zero-order valence-corrected chi connectivity index (χ0v) is 14.5. The molecule has 0 aliphatic rings. The lowest BCUT2D eigenvalue weighted by Gasteiger charge is -2.12. The van der Waals surface area contributed by atoms with Crippen molar-refractivity contribution in [1.82, 2.24) is 0 Å². The minimum Gasteiger partial charge on any atom is -0.494 e. The molecule has 0 bridgehead atoms. The van der Waals surface area contributed by atoms with Crippen molar-refractivity contribution in [2.24, 2.45) is 0 Å². The largest absolute Gasteiger partial charge is 0.494 e. The molecule has 0 heterocycles. The summed E-state index contributed by atoms with van der Waals surface area (Å²) in [5.74, 6) is 1.34. The van der Waals surface area contributed by atoms with Gasteiger partial charge in [0.25, 0.3) is 0 Å². The van der Waals surface area contributed by atoms with Crippen molar-refractivity contribution in [1.29, 1.82) is 0 Å². The van der Waals surface area contributed by atoms with E-state index in [4.69, 9.17) is 32.7 Å². The van der Waals surface area contributed by atoms with Crippen LogP contribution >= 0.6 is 23.2 Å². The molecule has 0 amide bonds. The quantitative estimate of drug-likeness (QED) is 0.630. The highest BCUT2D eigenvalue weighted by molar-refractivity contribution is 6.37. The molecule has 2 rings (SSSR count). The molecule has 0 aromatic heterocycles. The van der Waals surface area contributed by atoms with Crippen LogP contribution in [0.25, 0.3) is 0 Å². The first kappa shape index (κ1) is 17.5. The van der Waals surface area contributed by atoms with Crippen molar-refractivity contribution in [3.05, 3.63) is 64.7 Å². The molecule has 0 aliphatic heterocycles. The average Bonchev–Trinajstić information content (AvgIpc) is 2.54. The van der Waals surface area contributed by atoms with Gasteiger partial charge in [0.05, 0.1) is 16.7 Å². The average molecular weight is 352 g/mol. The number of ether oxygens (including phenoxy) is 2. The maximum absolute atomic E-state index is 6.22. The summed E-state index contributed by atoms with van der Waals surface area (Å²) in [6, 6.07) is 11.5. The van der Waals surface area contributed by atoms with Crippen LogP contribution in [0.5, 0.6) is 11.5 Å². The zero-order valence-electron chi connectivity index (χ0n) is 12.9. The molecule has 5 heteroatoms. The van der Waals surface area contributed by atoms with Crippen LogP contribution in [0.3, 0.4) is 0 Å². The van der Waals surface area contributed by atoms with Crippen LogP contribution in [0.1, 0.15) is 12.5 Å². The van der Waals surface area contributed by atoms with E-state index in [1.165, 1.54) is 0 Å². The molecule has 0 spiro atoms. The summed E-state index contributed by atoms with van der Waals surface area (Å²) in [7, 11) is 0. The Kier molecular flexibility index (Phi) is 6.63. The van der Waals surface area contributed by atoms with E-state index in [0.29, 0.717) is 35.6 Å². The minimum absolute atomic E-state index is 0.364. The monoisotopic (exact) mass is 351 g/mol. The van der Waals surface area contributed by atoms with Gasteiger partial charge in [0.1, 0.15) is 12.4 Å². The second-order valence-corrected chi connectivity index (χ2v) is 5.61.